The third-order valence-corrected chi connectivity index (χ3v) is 1.72. The van der Waals surface area contributed by atoms with Gasteiger partial charge >= 0.3 is 12.1 Å². The number of carboxylic acid groups (broad SMARTS) is 1. The van der Waals surface area contributed by atoms with Crippen molar-refractivity contribution in [2.24, 2.45) is 5.41 Å². The molecule has 0 aromatic heterocycles. The van der Waals surface area contributed by atoms with Crippen molar-refractivity contribution in [2.75, 3.05) is 0 Å². The summed E-state index contributed by atoms with van der Waals surface area (Å²) in [5.74, 6) is -2.43. The van der Waals surface area contributed by atoms with Crippen LogP contribution in [0.5, 0.6) is 0 Å². The highest BCUT2D eigenvalue weighted by Gasteiger charge is 2.37. The number of carboxylic acids is 1. The second-order valence-corrected chi connectivity index (χ2v) is 4.43. The first-order valence-corrected chi connectivity index (χ1v) is 4.54. The Morgan fingerprint density at radius 2 is 1.69 bits per heavy atom. The average Bonchev–Trinajstić information content (AvgIpc) is 1.98. The number of aliphatic carboxylic acids is 1. The Hall–Kier alpha value is -1.27. The number of hydrogen-bond acceptors (Lipinski definition) is 2. The fourth-order valence-electron chi connectivity index (χ4n) is 0.806. The Kier molecular flexibility index (Phi) is 4.34. The molecule has 1 amide bonds. The summed E-state index contributed by atoms with van der Waals surface area (Å²) in [5, 5.41) is 10.4. The molecular weight excluding hydrogens is 227 g/mol. The van der Waals surface area contributed by atoms with Crippen molar-refractivity contribution >= 4 is 11.9 Å². The maximum atomic E-state index is 12.0. The van der Waals surface area contributed by atoms with Gasteiger partial charge in [0.25, 0.3) is 0 Å². The molecule has 0 aliphatic rings. The first kappa shape index (κ1) is 14.7. The lowest BCUT2D eigenvalue weighted by Crippen LogP contribution is -2.47. The monoisotopic (exact) mass is 241 g/mol. The summed E-state index contributed by atoms with van der Waals surface area (Å²) >= 11 is 0. The van der Waals surface area contributed by atoms with Crippen LogP contribution in [0.3, 0.4) is 0 Å². The number of carbonyl (C=O) groups excluding carboxylic acids is 1. The van der Waals surface area contributed by atoms with Crippen LogP contribution in [-0.4, -0.2) is 29.2 Å². The van der Waals surface area contributed by atoms with E-state index in [0.29, 0.717) is 0 Å². The van der Waals surface area contributed by atoms with Gasteiger partial charge in [-0.25, -0.2) is 4.79 Å². The second kappa shape index (κ2) is 4.71. The zero-order valence-corrected chi connectivity index (χ0v) is 9.18. The van der Waals surface area contributed by atoms with Gasteiger partial charge in [0.1, 0.15) is 6.04 Å². The van der Waals surface area contributed by atoms with Crippen LogP contribution < -0.4 is 5.32 Å². The van der Waals surface area contributed by atoms with Gasteiger partial charge in [0.05, 0.1) is 6.42 Å². The molecule has 16 heavy (non-hydrogen) atoms. The van der Waals surface area contributed by atoms with Crippen molar-refractivity contribution in [1.29, 1.82) is 0 Å². The van der Waals surface area contributed by atoms with Crippen LogP contribution in [0.15, 0.2) is 0 Å². The van der Waals surface area contributed by atoms with E-state index in [2.05, 4.69) is 0 Å². The summed E-state index contributed by atoms with van der Waals surface area (Å²) in [4.78, 5) is 21.8. The molecule has 0 aromatic rings. The van der Waals surface area contributed by atoms with E-state index in [1.54, 1.807) is 0 Å². The van der Waals surface area contributed by atoms with Crippen LogP contribution in [0.2, 0.25) is 0 Å². The lowest BCUT2D eigenvalue weighted by atomic mass is 9.95. The number of rotatable bonds is 3. The van der Waals surface area contributed by atoms with Gasteiger partial charge in [-0.2, -0.15) is 13.2 Å². The standard InChI is InChI=1S/C9H14F3NO3/c1-8(2,3)7(16)13-5(6(14)15)4-9(10,11)12/h5H,4H2,1-3H3,(H,13,16)(H,14,15). The topological polar surface area (TPSA) is 66.4 Å². The van der Waals surface area contributed by atoms with Crippen LogP contribution in [0.1, 0.15) is 27.2 Å². The van der Waals surface area contributed by atoms with Crippen LogP contribution in [0.25, 0.3) is 0 Å². The zero-order valence-electron chi connectivity index (χ0n) is 9.18. The summed E-state index contributed by atoms with van der Waals surface area (Å²) < 4.78 is 36.0. The van der Waals surface area contributed by atoms with E-state index in [-0.39, 0.29) is 0 Å². The van der Waals surface area contributed by atoms with Crippen LogP contribution in [0.4, 0.5) is 13.2 Å². The molecule has 0 aromatic carbocycles. The van der Waals surface area contributed by atoms with Gasteiger partial charge in [-0.05, 0) is 0 Å². The lowest BCUT2D eigenvalue weighted by Gasteiger charge is -2.22. The Morgan fingerprint density at radius 3 is 1.94 bits per heavy atom. The summed E-state index contributed by atoms with van der Waals surface area (Å²) in [5.41, 5.74) is -0.931. The molecule has 94 valence electrons. The summed E-state index contributed by atoms with van der Waals surface area (Å²) in [6.07, 6.45) is -6.21. The molecule has 0 saturated carbocycles. The summed E-state index contributed by atoms with van der Waals surface area (Å²) in [6, 6.07) is -1.94. The van der Waals surface area contributed by atoms with E-state index >= 15 is 0 Å². The quantitative estimate of drug-likeness (QED) is 0.787. The van der Waals surface area contributed by atoms with Crippen molar-refractivity contribution in [1.82, 2.24) is 5.32 Å². The van der Waals surface area contributed by atoms with Gasteiger partial charge in [0, 0.05) is 5.41 Å². The first-order chi connectivity index (χ1) is 6.93. The highest BCUT2D eigenvalue weighted by Crippen LogP contribution is 2.22. The Morgan fingerprint density at radius 1 is 1.25 bits per heavy atom. The van der Waals surface area contributed by atoms with E-state index in [9.17, 15) is 22.8 Å². The van der Waals surface area contributed by atoms with Gasteiger partial charge in [-0.15, -0.1) is 0 Å². The highest BCUT2D eigenvalue weighted by molar-refractivity contribution is 5.86. The van der Waals surface area contributed by atoms with Gasteiger partial charge in [0.15, 0.2) is 0 Å². The SMILES string of the molecule is CC(C)(C)C(=O)NC(CC(F)(F)F)C(=O)O. The highest BCUT2D eigenvalue weighted by atomic mass is 19.4. The average molecular weight is 241 g/mol. The number of hydrogen-bond donors (Lipinski definition) is 2. The molecule has 0 spiro atoms. The summed E-state index contributed by atoms with van der Waals surface area (Å²) in [7, 11) is 0. The molecule has 0 bridgehead atoms. The van der Waals surface area contributed by atoms with Crippen molar-refractivity contribution in [3.8, 4) is 0 Å². The van der Waals surface area contributed by atoms with E-state index in [4.69, 9.17) is 5.11 Å². The van der Waals surface area contributed by atoms with Crippen molar-refractivity contribution < 1.29 is 27.9 Å². The fraction of sp³-hybridized carbons (Fsp3) is 0.778. The largest absolute Gasteiger partial charge is 0.480 e. The number of halogens is 3. The third-order valence-electron chi connectivity index (χ3n) is 1.72. The van der Waals surface area contributed by atoms with E-state index in [1.165, 1.54) is 20.8 Å². The molecule has 0 saturated heterocycles. The molecule has 0 fully saturated rings. The fourth-order valence-corrected chi connectivity index (χ4v) is 0.806. The molecule has 0 aliphatic carbocycles. The van der Waals surface area contributed by atoms with Crippen LogP contribution >= 0.6 is 0 Å². The molecule has 7 heteroatoms. The predicted molar refractivity (Wildman–Crippen MR) is 49.7 cm³/mol. The maximum absolute atomic E-state index is 12.0. The Labute approximate surface area is 90.8 Å². The molecule has 4 nitrogen and oxygen atoms in total. The predicted octanol–water partition coefficient (Wildman–Crippen LogP) is 1.55. The number of amides is 1. The first-order valence-electron chi connectivity index (χ1n) is 4.54. The van der Waals surface area contributed by atoms with Gasteiger partial charge in [-0.1, -0.05) is 20.8 Å². The molecule has 0 radical (unpaired) electrons. The molecule has 2 N–H and O–H groups in total. The van der Waals surface area contributed by atoms with Crippen molar-refractivity contribution in [3.05, 3.63) is 0 Å². The number of alkyl halides is 3. The van der Waals surface area contributed by atoms with Crippen molar-refractivity contribution in [2.45, 2.75) is 39.4 Å². The normalized spacial score (nSPS) is 14.4. The minimum Gasteiger partial charge on any atom is -0.480 e. The van der Waals surface area contributed by atoms with Crippen LogP contribution in [0, 0.1) is 5.41 Å². The van der Waals surface area contributed by atoms with Crippen LogP contribution in [-0.2, 0) is 9.59 Å². The van der Waals surface area contributed by atoms with E-state index in [0.717, 1.165) is 0 Å². The molecule has 0 aliphatic heterocycles. The summed E-state index contributed by atoms with van der Waals surface area (Å²) in [6.45, 7) is 4.44. The minimum atomic E-state index is -4.63. The maximum Gasteiger partial charge on any atom is 0.391 e. The second-order valence-electron chi connectivity index (χ2n) is 4.43. The molecule has 0 heterocycles. The molecule has 1 atom stereocenters. The van der Waals surface area contributed by atoms with Gasteiger partial charge in [0.2, 0.25) is 5.91 Å². The Balaban J connectivity index is 4.60. The third kappa shape index (κ3) is 5.57. The number of nitrogens with one attached hydrogen (secondary N) is 1. The smallest absolute Gasteiger partial charge is 0.391 e. The van der Waals surface area contributed by atoms with E-state index in [1.807, 2.05) is 5.32 Å². The molecular formula is C9H14F3NO3. The molecule has 0 rings (SSSR count). The van der Waals surface area contributed by atoms with Gasteiger partial charge in [-0.3, -0.25) is 4.79 Å². The zero-order chi connectivity index (χ0) is 13.1. The van der Waals surface area contributed by atoms with Crippen molar-refractivity contribution in [3.63, 3.8) is 0 Å². The van der Waals surface area contributed by atoms with E-state index < -0.39 is 35.9 Å². The molecule has 1 unspecified atom stereocenters. The number of carbonyl (C=O) groups is 2. The lowest BCUT2D eigenvalue weighted by molar-refractivity contribution is -0.160. The minimum absolute atomic E-state index is 0.732. The van der Waals surface area contributed by atoms with Gasteiger partial charge < -0.3 is 10.4 Å². The Bertz CT molecular complexity index is 281.